The van der Waals surface area contributed by atoms with Gasteiger partial charge in [0, 0.05) is 31.3 Å². The number of carboxylic acids is 1. The second-order valence-corrected chi connectivity index (χ2v) is 13.1. The molecule has 2 fully saturated rings. The molecule has 3 aliphatic heterocycles. The van der Waals surface area contributed by atoms with Crippen molar-refractivity contribution in [3.63, 3.8) is 0 Å². The molecule has 49 heavy (non-hydrogen) atoms. The van der Waals surface area contributed by atoms with Crippen LogP contribution in [0.1, 0.15) is 59.3 Å². The Morgan fingerprint density at radius 2 is 1.59 bits per heavy atom. The summed E-state index contributed by atoms with van der Waals surface area (Å²) in [5.74, 6) is -5.69. The summed E-state index contributed by atoms with van der Waals surface area (Å²) in [6.07, 6.45) is 4.26. The van der Waals surface area contributed by atoms with Gasteiger partial charge in [0.15, 0.2) is 12.1 Å². The van der Waals surface area contributed by atoms with Crippen LogP contribution in [0.3, 0.4) is 0 Å². The van der Waals surface area contributed by atoms with Crippen molar-refractivity contribution >= 4 is 11.9 Å². The van der Waals surface area contributed by atoms with Crippen LogP contribution < -0.4 is 5.73 Å². The third-order valence-electron chi connectivity index (χ3n) is 9.05. The second-order valence-electron chi connectivity index (χ2n) is 13.1. The maximum absolute atomic E-state index is 12.3. The fraction of sp³-hybridized carbons (Fsp3) is 0.657. The fourth-order valence-electron chi connectivity index (χ4n) is 6.29. The predicted octanol–water partition coefficient (Wildman–Crippen LogP) is 0.739. The van der Waals surface area contributed by atoms with Gasteiger partial charge in [0.1, 0.15) is 18.1 Å². The Morgan fingerprint density at radius 1 is 0.939 bits per heavy atom. The highest BCUT2D eigenvalue weighted by atomic mass is 16.7. The molecule has 3 heterocycles. The van der Waals surface area contributed by atoms with Crippen molar-refractivity contribution in [2.24, 2.45) is 17.6 Å². The van der Waals surface area contributed by atoms with E-state index in [-0.39, 0.29) is 25.2 Å². The quantitative estimate of drug-likeness (QED) is 0.189. The minimum Gasteiger partial charge on any atom is -0.481 e. The number of hydrogen-bond acceptors (Lipinski definition) is 13. The number of nitrogens with two attached hydrogens (primary N) is 1. The van der Waals surface area contributed by atoms with Crippen LogP contribution in [0.2, 0.25) is 0 Å². The lowest BCUT2D eigenvalue weighted by molar-refractivity contribution is -0.308. The third-order valence-corrected chi connectivity index (χ3v) is 9.05. The zero-order valence-corrected chi connectivity index (χ0v) is 28.2. The van der Waals surface area contributed by atoms with E-state index in [0.717, 1.165) is 6.42 Å². The number of cyclic esters (lactones) is 1. The fourth-order valence-corrected chi connectivity index (χ4v) is 6.29. The molecular formula is C35H53NO13. The van der Waals surface area contributed by atoms with Crippen LogP contribution in [0.15, 0.2) is 60.8 Å². The summed E-state index contributed by atoms with van der Waals surface area (Å²) in [5.41, 5.74) is 5.98. The van der Waals surface area contributed by atoms with Crippen LogP contribution in [0.4, 0.5) is 0 Å². The Morgan fingerprint density at radius 3 is 2.24 bits per heavy atom. The van der Waals surface area contributed by atoms with Gasteiger partial charge in [0.25, 0.3) is 0 Å². The van der Waals surface area contributed by atoms with Gasteiger partial charge in [-0.1, -0.05) is 61.6 Å². The Balaban J connectivity index is 1.93. The molecule has 0 aromatic rings. The molecule has 0 aromatic heterocycles. The van der Waals surface area contributed by atoms with E-state index >= 15 is 0 Å². The van der Waals surface area contributed by atoms with Gasteiger partial charge < -0.3 is 60.4 Å². The first-order valence-electron chi connectivity index (χ1n) is 16.8. The van der Waals surface area contributed by atoms with Crippen LogP contribution >= 0.6 is 0 Å². The van der Waals surface area contributed by atoms with Crippen molar-refractivity contribution in [2.75, 3.05) is 0 Å². The van der Waals surface area contributed by atoms with Crippen LogP contribution in [-0.4, -0.2) is 121 Å². The first-order valence-corrected chi connectivity index (χ1v) is 16.8. The first kappa shape index (κ1) is 40.7. The number of esters is 1. The van der Waals surface area contributed by atoms with Crippen molar-refractivity contribution in [3.05, 3.63) is 60.8 Å². The molecule has 0 radical (unpaired) electrons. The molecule has 9 N–H and O–H groups in total. The maximum atomic E-state index is 12.3. The summed E-state index contributed by atoms with van der Waals surface area (Å²) in [4.78, 5) is 24.6. The molecule has 0 aromatic carbocycles. The van der Waals surface area contributed by atoms with Crippen molar-refractivity contribution in [1.29, 1.82) is 0 Å². The van der Waals surface area contributed by atoms with Crippen molar-refractivity contribution in [1.82, 2.24) is 0 Å². The lowest BCUT2D eigenvalue weighted by Crippen LogP contribution is -2.61. The largest absolute Gasteiger partial charge is 0.481 e. The standard InChI is InChI=1S/C35H53NO13/c1-4-22-12-9-7-5-6-8-10-14-25(48-34-32(42)30(36)31(41)21(3)47-34)17-27-29(33(43)44)26(39)19-35(45,49-27)18-24(38)16-23(37)13-11-15-28(40)46-20(22)2/h5-12,14-15,20-27,29-32,34,37-39,41-42,45H,4,13,16-19,36H2,1-3H3,(H,43,44)/b7-5-,8-6-,12-9-,14-10-,15-11-/t20-,21-,22-,23-,24-,25+,26+,27-,29+,30+,31+,32+,34+,35+/m1/s1. The highest BCUT2D eigenvalue weighted by Gasteiger charge is 2.50. The number of ether oxygens (including phenoxy) is 4. The van der Waals surface area contributed by atoms with Crippen LogP contribution in [0, 0.1) is 11.8 Å². The lowest BCUT2D eigenvalue weighted by Gasteiger charge is -2.45. The highest BCUT2D eigenvalue weighted by molar-refractivity contribution is 5.82. The Hall–Kier alpha value is -2.76. The minimum absolute atomic E-state index is 0.00132. The number of hydrogen-bond donors (Lipinski definition) is 8. The number of fused-ring (bicyclic) bond motifs is 2. The maximum Gasteiger partial charge on any atom is 0.330 e. The zero-order chi connectivity index (χ0) is 36.3. The lowest BCUT2D eigenvalue weighted by atomic mass is 9.83. The van der Waals surface area contributed by atoms with E-state index in [1.165, 1.54) is 12.2 Å². The van der Waals surface area contributed by atoms with E-state index in [1.807, 2.05) is 19.1 Å². The van der Waals surface area contributed by atoms with Gasteiger partial charge in [-0.05, 0) is 33.1 Å². The Labute approximate surface area is 286 Å². The molecule has 0 unspecified atom stereocenters. The molecule has 14 atom stereocenters. The molecule has 3 rings (SSSR count). The SMILES string of the molecule is CC[C@@H]1\C=C/C=C\C=C/C=C\[C@H](O[C@@H]2O[C@H](C)[C@H](O)[C@H](N)[C@@H]2O)C[C@H]2O[C@@](O)(C[C@H](O)C[C@H](O)C/C=C\C(=O)O[C@@H]1C)C[C@H](O)[C@@H]2C(=O)O. The van der Waals surface area contributed by atoms with E-state index in [1.54, 1.807) is 50.3 Å². The number of aliphatic hydroxyl groups is 6. The number of aliphatic carboxylic acids is 1. The molecule has 14 heteroatoms. The molecule has 0 saturated carbocycles. The summed E-state index contributed by atoms with van der Waals surface area (Å²) in [7, 11) is 0. The van der Waals surface area contributed by atoms with Gasteiger partial charge in [-0.25, -0.2) is 4.79 Å². The van der Waals surface area contributed by atoms with E-state index in [2.05, 4.69) is 0 Å². The van der Waals surface area contributed by atoms with Gasteiger partial charge in [-0.3, -0.25) is 4.79 Å². The zero-order valence-electron chi connectivity index (χ0n) is 28.2. The second kappa shape index (κ2) is 19.0. The van der Waals surface area contributed by atoms with Gasteiger partial charge in [-0.2, -0.15) is 0 Å². The van der Waals surface area contributed by atoms with Crippen LogP contribution in [-0.2, 0) is 28.5 Å². The van der Waals surface area contributed by atoms with E-state index in [0.29, 0.717) is 0 Å². The third kappa shape index (κ3) is 12.2. The number of allylic oxidation sites excluding steroid dienone is 6. The number of aliphatic hydroxyl groups excluding tert-OH is 5. The average molecular weight is 696 g/mol. The average Bonchev–Trinajstić information content (AvgIpc) is 3.00. The smallest absolute Gasteiger partial charge is 0.330 e. The molecule has 0 aliphatic carbocycles. The van der Waals surface area contributed by atoms with Gasteiger partial charge in [0.2, 0.25) is 0 Å². The molecule has 3 aliphatic rings. The Kier molecular flexibility index (Phi) is 15.8. The van der Waals surface area contributed by atoms with Crippen molar-refractivity contribution in [2.45, 2.75) is 132 Å². The normalized spacial score (nSPS) is 45.2. The summed E-state index contributed by atoms with van der Waals surface area (Å²) < 4.78 is 23.1. The molecule has 2 bridgehead atoms. The predicted molar refractivity (Wildman–Crippen MR) is 176 cm³/mol. The molecular weight excluding hydrogens is 642 g/mol. The molecule has 14 nitrogen and oxygen atoms in total. The molecule has 276 valence electrons. The van der Waals surface area contributed by atoms with Crippen molar-refractivity contribution in [3.8, 4) is 0 Å². The number of rotatable bonds is 4. The van der Waals surface area contributed by atoms with Gasteiger partial charge >= 0.3 is 11.9 Å². The van der Waals surface area contributed by atoms with Crippen molar-refractivity contribution < 1.29 is 64.3 Å². The monoisotopic (exact) mass is 695 g/mol. The summed E-state index contributed by atoms with van der Waals surface area (Å²) in [6.45, 7) is 5.32. The topological polar surface area (TPSA) is 239 Å². The number of carboxylic acid groups (broad SMARTS) is 1. The van der Waals surface area contributed by atoms with E-state index in [9.17, 15) is 45.3 Å². The molecule has 0 spiro atoms. The Bertz CT molecular complexity index is 1220. The van der Waals surface area contributed by atoms with E-state index < -0.39 is 104 Å². The summed E-state index contributed by atoms with van der Waals surface area (Å²) in [5, 5.41) is 74.4. The molecule has 0 amide bonds. The number of carbonyl (C=O) groups is 2. The van der Waals surface area contributed by atoms with Gasteiger partial charge in [0.05, 0.1) is 48.8 Å². The van der Waals surface area contributed by atoms with Crippen LogP contribution in [0.5, 0.6) is 0 Å². The summed E-state index contributed by atoms with van der Waals surface area (Å²) in [6, 6.07) is -1.09. The first-order chi connectivity index (χ1) is 23.1. The van der Waals surface area contributed by atoms with Crippen LogP contribution in [0.25, 0.3) is 0 Å². The summed E-state index contributed by atoms with van der Waals surface area (Å²) >= 11 is 0. The minimum atomic E-state index is -2.18. The van der Waals surface area contributed by atoms with E-state index in [4.69, 9.17) is 24.7 Å². The highest BCUT2D eigenvalue weighted by Crippen LogP contribution is 2.38. The number of carbonyl (C=O) groups excluding carboxylic acids is 1. The van der Waals surface area contributed by atoms with Gasteiger partial charge in [-0.15, -0.1) is 0 Å². The molecule has 2 saturated heterocycles.